The number of piperidine rings is 1. The van der Waals surface area contributed by atoms with Gasteiger partial charge in [0.15, 0.2) is 0 Å². The lowest BCUT2D eigenvalue weighted by molar-refractivity contribution is -0.0375. The van der Waals surface area contributed by atoms with Gasteiger partial charge in [0.1, 0.15) is 0 Å². The molecule has 0 aromatic heterocycles. The molecule has 0 bridgehead atoms. The van der Waals surface area contributed by atoms with E-state index in [1.807, 2.05) is 27.7 Å². The fourth-order valence-electron chi connectivity index (χ4n) is 3.69. The number of hydrogen-bond acceptors (Lipinski definition) is 4. The number of likely N-dealkylation sites (tertiary alicyclic amines) is 1. The number of carbonyl (C=O) groups is 1. The summed E-state index contributed by atoms with van der Waals surface area (Å²) in [5.74, 6) is -0.599. The van der Waals surface area contributed by atoms with Gasteiger partial charge in [-0.05, 0) is 42.4 Å². The molecule has 0 radical (unpaired) electrons. The SMILES string of the molecule is CC(C)CC1C(O)CC(C)(C)CN1C(=O)c1cccc(S(=O)(=O)N=C(N)N)c1. The van der Waals surface area contributed by atoms with E-state index in [9.17, 15) is 18.3 Å². The summed E-state index contributed by atoms with van der Waals surface area (Å²) in [6, 6.07) is 5.31. The van der Waals surface area contributed by atoms with E-state index in [0.29, 0.717) is 25.3 Å². The van der Waals surface area contributed by atoms with Gasteiger partial charge in [0.25, 0.3) is 15.9 Å². The zero-order chi connectivity index (χ0) is 21.3. The number of guanidine groups is 1. The van der Waals surface area contributed by atoms with Crippen LogP contribution in [-0.4, -0.2) is 49.0 Å². The van der Waals surface area contributed by atoms with Gasteiger partial charge in [-0.25, -0.2) is 0 Å². The van der Waals surface area contributed by atoms with Crippen LogP contribution in [0.25, 0.3) is 0 Å². The largest absolute Gasteiger partial charge is 0.391 e. The summed E-state index contributed by atoms with van der Waals surface area (Å²) in [5, 5.41) is 10.7. The van der Waals surface area contributed by atoms with Crippen molar-refractivity contribution >= 4 is 21.9 Å². The number of aliphatic hydroxyl groups is 1. The molecule has 9 heteroatoms. The quantitative estimate of drug-likeness (QED) is 0.494. The fraction of sp³-hybridized carbons (Fsp3) is 0.579. The second kappa shape index (κ2) is 8.08. The summed E-state index contributed by atoms with van der Waals surface area (Å²) in [6.45, 7) is 8.56. The van der Waals surface area contributed by atoms with Crippen LogP contribution in [0, 0.1) is 11.3 Å². The third kappa shape index (κ3) is 5.23. The predicted molar refractivity (Wildman–Crippen MR) is 108 cm³/mol. The number of sulfonamides is 1. The highest BCUT2D eigenvalue weighted by molar-refractivity contribution is 7.90. The molecule has 156 valence electrons. The van der Waals surface area contributed by atoms with Crippen molar-refractivity contribution in [1.29, 1.82) is 0 Å². The van der Waals surface area contributed by atoms with Crippen LogP contribution in [0.3, 0.4) is 0 Å². The molecule has 1 aromatic carbocycles. The number of hydrogen-bond donors (Lipinski definition) is 3. The van der Waals surface area contributed by atoms with Gasteiger partial charge in [-0.3, -0.25) is 4.79 Å². The summed E-state index contributed by atoms with van der Waals surface area (Å²) in [6.07, 6.45) is 0.630. The second-order valence-corrected chi connectivity index (χ2v) is 10.2. The molecular weight excluding hydrogens is 380 g/mol. The van der Waals surface area contributed by atoms with Crippen LogP contribution < -0.4 is 11.5 Å². The third-order valence-electron chi connectivity index (χ3n) is 4.78. The first kappa shape index (κ1) is 22.2. The molecule has 0 spiro atoms. The Bertz CT molecular complexity index is 860. The van der Waals surface area contributed by atoms with Crippen molar-refractivity contribution in [1.82, 2.24) is 4.90 Å². The second-order valence-electron chi connectivity index (χ2n) is 8.58. The van der Waals surface area contributed by atoms with Crippen LogP contribution >= 0.6 is 0 Å². The zero-order valence-electron chi connectivity index (χ0n) is 16.8. The average Bonchev–Trinajstić information content (AvgIpc) is 2.54. The Hall–Kier alpha value is -2.13. The smallest absolute Gasteiger partial charge is 0.285 e. The molecule has 2 rings (SSSR count). The molecular formula is C19H30N4O4S. The van der Waals surface area contributed by atoms with E-state index >= 15 is 0 Å². The first-order chi connectivity index (χ1) is 12.8. The molecule has 1 amide bonds. The van der Waals surface area contributed by atoms with Gasteiger partial charge in [-0.15, -0.1) is 4.40 Å². The molecule has 8 nitrogen and oxygen atoms in total. The van der Waals surface area contributed by atoms with E-state index in [4.69, 9.17) is 11.5 Å². The molecule has 1 aliphatic rings. The molecule has 1 aliphatic heterocycles. The van der Waals surface area contributed by atoms with E-state index in [0.717, 1.165) is 0 Å². The van der Waals surface area contributed by atoms with Gasteiger partial charge in [0.2, 0.25) is 5.96 Å². The van der Waals surface area contributed by atoms with Gasteiger partial charge in [-0.1, -0.05) is 33.8 Å². The van der Waals surface area contributed by atoms with Crippen molar-refractivity contribution in [3.63, 3.8) is 0 Å². The number of amides is 1. The Balaban J connectivity index is 2.42. The Morgan fingerprint density at radius 3 is 2.57 bits per heavy atom. The van der Waals surface area contributed by atoms with Crippen LogP contribution in [0.2, 0.25) is 0 Å². The lowest BCUT2D eigenvalue weighted by Gasteiger charge is -2.47. The predicted octanol–water partition coefficient (Wildman–Crippen LogP) is 1.30. The van der Waals surface area contributed by atoms with Crippen LogP contribution in [0.4, 0.5) is 0 Å². The highest BCUT2D eigenvalue weighted by atomic mass is 32.2. The van der Waals surface area contributed by atoms with Gasteiger partial charge in [0.05, 0.1) is 17.0 Å². The van der Waals surface area contributed by atoms with E-state index in [-0.39, 0.29) is 27.8 Å². The minimum atomic E-state index is -4.09. The van der Waals surface area contributed by atoms with Crippen molar-refractivity contribution in [3.05, 3.63) is 29.8 Å². The van der Waals surface area contributed by atoms with E-state index in [1.165, 1.54) is 18.2 Å². The zero-order valence-corrected chi connectivity index (χ0v) is 17.6. The highest BCUT2D eigenvalue weighted by Crippen LogP contribution is 2.35. The minimum Gasteiger partial charge on any atom is -0.391 e. The summed E-state index contributed by atoms with van der Waals surface area (Å²) >= 11 is 0. The third-order valence-corrected chi connectivity index (χ3v) is 6.08. The molecule has 0 aliphatic carbocycles. The number of rotatable bonds is 5. The maximum absolute atomic E-state index is 13.3. The number of carbonyl (C=O) groups excluding carboxylic acids is 1. The molecule has 28 heavy (non-hydrogen) atoms. The van der Waals surface area contributed by atoms with Crippen molar-refractivity contribution in [3.8, 4) is 0 Å². The Labute approximate surface area is 166 Å². The van der Waals surface area contributed by atoms with Gasteiger partial charge >= 0.3 is 0 Å². The van der Waals surface area contributed by atoms with Crippen molar-refractivity contribution in [2.75, 3.05) is 6.54 Å². The molecule has 5 N–H and O–H groups in total. The first-order valence-electron chi connectivity index (χ1n) is 9.27. The number of nitrogens with two attached hydrogens (primary N) is 2. The number of aliphatic hydroxyl groups excluding tert-OH is 1. The monoisotopic (exact) mass is 410 g/mol. The normalized spacial score (nSPS) is 22.1. The summed E-state index contributed by atoms with van der Waals surface area (Å²) in [7, 11) is -4.09. The van der Waals surface area contributed by atoms with Crippen LogP contribution in [0.15, 0.2) is 33.6 Å². The summed E-state index contributed by atoms with van der Waals surface area (Å²) < 4.78 is 27.8. The first-order valence-corrected chi connectivity index (χ1v) is 10.7. The number of benzene rings is 1. The maximum atomic E-state index is 13.3. The lowest BCUT2D eigenvalue weighted by atomic mass is 9.77. The van der Waals surface area contributed by atoms with Crippen LogP contribution in [0.1, 0.15) is 50.9 Å². The number of nitrogens with zero attached hydrogens (tertiary/aromatic N) is 2. The Kier molecular flexibility index (Phi) is 6.40. The molecule has 2 atom stereocenters. The average molecular weight is 411 g/mol. The fourth-order valence-corrected chi connectivity index (χ4v) is 4.60. The molecule has 1 saturated heterocycles. The Morgan fingerprint density at radius 2 is 2.00 bits per heavy atom. The molecule has 1 heterocycles. The minimum absolute atomic E-state index is 0.163. The van der Waals surface area contributed by atoms with E-state index < -0.39 is 22.1 Å². The highest BCUT2D eigenvalue weighted by Gasteiger charge is 2.41. The maximum Gasteiger partial charge on any atom is 0.285 e. The van der Waals surface area contributed by atoms with Crippen LogP contribution in [-0.2, 0) is 10.0 Å². The molecule has 0 saturated carbocycles. The van der Waals surface area contributed by atoms with Gasteiger partial charge in [0, 0.05) is 12.1 Å². The Morgan fingerprint density at radius 1 is 1.36 bits per heavy atom. The summed E-state index contributed by atoms with van der Waals surface area (Å²) in [5.41, 5.74) is 10.3. The lowest BCUT2D eigenvalue weighted by Crippen LogP contribution is -2.56. The van der Waals surface area contributed by atoms with Crippen molar-refractivity contribution < 1.29 is 18.3 Å². The molecule has 1 aromatic rings. The molecule has 1 fully saturated rings. The van der Waals surface area contributed by atoms with E-state index in [2.05, 4.69) is 4.40 Å². The van der Waals surface area contributed by atoms with E-state index in [1.54, 1.807) is 11.0 Å². The summed E-state index contributed by atoms with van der Waals surface area (Å²) in [4.78, 5) is 14.8. The van der Waals surface area contributed by atoms with Crippen molar-refractivity contribution in [2.45, 2.75) is 57.6 Å². The standard InChI is InChI=1S/C19H30N4O4S/c1-12(2)8-15-16(24)10-19(3,4)11-23(15)17(25)13-6-5-7-14(9-13)28(26,27)22-18(20)21/h5-7,9,12,15-16,24H,8,10-11H2,1-4H3,(H4,20,21,22). The molecule has 2 unspecified atom stereocenters. The van der Waals surface area contributed by atoms with Gasteiger partial charge < -0.3 is 21.5 Å². The van der Waals surface area contributed by atoms with Crippen LogP contribution in [0.5, 0.6) is 0 Å². The topological polar surface area (TPSA) is 139 Å². The van der Waals surface area contributed by atoms with Gasteiger partial charge in [-0.2, -0.15) is 8.42 Å². The van der Waals surface area contributed by atoms with Crippen molar-refractivity contribution in [2.24, 2.45) is 27.2 Å².